The highest BCUT2D eigenvalue weighted by Gasteiger charge is 2.33. The fourth-order valence-corrected chi connectivity index (χ4v) is 5.44. The molecule has 6 N–H and O–H groups in total. The van der Waals surface area contributed by atoms with Gasteiger partial charge in [0.1, 0.15) is 0 Å². The van der Waals surface area contributed by atoms with E-state index in [-0.39, 0.29) is 44.7 Å². The van der Waals surface area contributed by atoms with Crippen LogP contribution >= 0.6 is 34.2 Å². The second-order valence-electron chi connectivity index (χ2n) is 7.52. The molecule has 176 valence electrons. The van der Waals surface area contributed by atoms with Crippen molar-refractivity contribution in [2.24, 2.45) is 0 Å². The molecule has 0 aliphatic heterocycles. The van der Waals surface area contributed by atoms with Crippen LogP contribution in [-0.2, 0) is 14.0 Å². The second-order valence-corrected chi connectivity index (χ2v) is 11.0. The first kappa shape index (κ1) is 24.1. The highest BCUT2D eigenvalue weighted by atomic mass is 127. The molecule has 0 spiro atoms. The first-order valence-electron chi connectivity index (χ1n) is 9.59. The molecule has 0 amide bonds. The molecule has 33 heavy (non-hydrogen) atoms. The van der Waals surface area contributed by atoms with Gasteiger partial charge in [0.05, 0.1) is 16.0 Å². The van der Waals surface area contributed by atoms with Gasteiger partial charge >= 0.3 is 3.93 Å². The molecule has 0 bridgehead atoms. The highest BCUT2D eigenvalue weighted by Crippen LogP contribution is 2.45. The van der Waals surface area contributed by atoms with Gasteiger partial charge in [-0.1, -0.05) is 23.7 Å². The molecule has 1 aliphatic carbocycles. The van der Waals surface area contributed by atoms with Crippen LogP contribution in [0.5, 0.6) is 0 Å². The number of sulfonamides is 1. The zero-order chi connectivity index (χ0) is 24.0. The zero-order valence-corrected chi connectivity index (χ0v) is 20.4. The van der Waals surface area contributed by atoms with Crippen molar-refractivity contribution in [2.45, 2.75) is 33.8 Å². The predicted molar refractivity (Wildman–Crippen MR) is 128 cm³/mol. The van der Waals surface area contributed by atoms with Crippen molar-refractivity contribution >= 4 is 61.8 Å². The summed E-state index contributed by atoms with van der Waals surface area (Å²) < 4.78 is 53.3. The summed E-state index contributed by atoms with van der Waals surface area (Å²) in [4.78, 5) is 3.85. The SMILES string of the molecule is Nc1nc(Nc2cc(Cl)c(-c3ccc(S(=O)(=O)NC4CC(O)C4)cc3)c(C(F)(F)I)c2)n[nH]1. The van der Waals surface area contributed by atoms with Crippen LogP contribution in [0.2, 0.25) is 5.02 Å². The number of nitrogens with one attached hydrogen (secondary N) is 3. The van der Waals surface area contributed by atoms with E-state index >= 15 is 0 Å². The summed E-state index contributed by atoms with van der Waals surface area (Å²) >= 11 is 7.39. The number of nitrogens with two attached hydrogens (primary N) is 1. The first-order chi connectivity index (χ1) is 15.4. The minimum Gasteiger partial charge on any atom is -0.393 e. The predicted octanol–water partition coefficient (Wildman–Crippen LogP) is 3.74. The smallest absolute Gasteiger partial charge is 0.322 e. The number of rotatable bonds is 7. The van der Waals surface area contributed by atoms with Crippen LogP contribution in [0, 0.1) is 0 Å². The maximum Gasteiger partial charge on any atom is 0.322 e. The molecule has 1 aromatic heterocycles. The number of benzene rings is 2. The summed E-state index contributed by atoms with van der Waals surface area (Å²) in [6.07, 6.45) is 0.193. The standard InChI is InChI=1S/C19H18ClF2IN6O3S/c20-15-8-10(25-18-26-17(24)27-28-18)7-14(19(21,22)23)16(15)9-1-3-13(4-2-9)33(31,32)29-11-5-12(30)6-11/h1-4,7-8,11-12,29-30H,5-6H2,(H4,24,25,26,27,28). The third-order valence-corrected chi connectivity index (χ3v) is 7.46. The van der Waals surface area contributed by atoms with Crippen LogP contribution in [0.1, 0.15) is 18.4 Å². The van der Waals surface area contributed by atoms with E-state index in [4.69, 9.17) is 17.3 Å². The van der Waals surface area contributed by atoms with E-state index in [0.29, 0.717) is 18.4 Å². The van der Waals surface area contributed by atoms with Gasteiger partial charge in [-0.2, -0.15) is 13.8 Å². The number of hydrogen-bond acceptors (Lipinski definition) is 7. The fraction of sp³-hybridized carbons (Fsp3) is 0.263. The molecule has 9 nitrogen and oxygen atoms in total. The molecule has 0 radical (unpaired) electrons. The molecule has 3 aromatic rings. The minimum absolute atomic E-state index is 0.0204. The maximum atomic E-state index is 14.5. The van der Waals surface area contributed by atoms with E-state index in [1.165, 1.54) is 36.4 Å². The first-order valence-corrected chi connectivity index (χ1v) is 12.5. The van der Waals surface area contributed by atoms with Gasteiger partial charge in [0, 0.05) is 45.4 Å². The Kier molecular flexibility index (Phi) is 6.52. The number of nitrogen functional groups attached to an aromatic ring is 1. The molecule has 0 unspecified atom stereocenters. The lowest BCUT2D eigenvalue weighted by molar-refractivity contribution is 0.0712. The molecule has 1 aliphatic rings. The Bertz CT molecular complexity index is 1280. The normalized spacial score (nSPS) is 18.7. The summed E-state index contributed by atoms with van der Waals surface area (Å²) in [6, 6.07) is 7.79. The van der Waals surface area contributed by atoms with Gasteiger partial charge in [-0.3, -0.25) is 0 Å². The number of hydrogen-bond donors (Lipinski definition) is 5. The molecular formula is C19H18ClF2IN6O3S. The van der Waals surface area contributed by atoms with Gasteiger partial charge in [-0.05, 0) is 42.7 Å². The van der Waals surface area contributed by atoms with Crippen molar-refractivity contribution < 1.29 is 22.3 Å². The van der Waals surface area contributed by atoms with Crippen LogP contribution in [-0.4, -0.2) is 40.9 Å². The average molecular weight is 611 g/mol. The van der Waals surface area contributed by atoms with Crippen LogP contribution < -0.4 is 15.8 Å². The number of alkyl halides is 3. The third-order valence-electron chi connectivity index (χ3n) is 5.04. The highest BCUT2D eigenvalue weighted by molar-refractivity contribution is 14.1. The van der Waals surface area contributed by atoms with Crippen molar-refractivity contribution in [2.75, 3.05) is 11.1 Å². The number of anilines is 3. The Morgan fingerprint density at radius 3 is 2.45 bits per heavy atom. The Hall–Kier alpha value is -2.07. The van der Waals surface area contributed by atoms with Crippen LogP contribution in [0.25, 0.3) is 11.1 Å². The second kappa shape index (κ2) is 8.94. The van der Waals surface area contributed by atoms with Crippen molar-refractivity contribution in [3.63, 3.8) is 0 Å². The van der Waals surface area contributed by atoms with Gasteiger partial charge in [-0.15, -0.1) is 5.10 Å². The van der Waals surface area contributed by atoms with Crippen molar-refractivity contribution in [1.82, 2.24) is 19.9 Å². The van der Waals surface area contributed by atoms with Gasteiger partial charge < -0.3 is 16.2 Å². The van der Waals surface area contributed by atoms with E-state index in [1.54, 1.807) is 0 Å². The number of H-pyrrole nitrogens is 1. The number of aliphatic hydroxyl groups is 1. The molecule has 4 rings (SSSR count). The lowest BCUT2D eigenvalue weighted by Gasteiger charge is -2.31. The van der Waals surface area contributed by atoms with Gasteiger partial charge in [0.15, 0.2) is 0 Å². The maximum absolute atomic E-state index is 14.5. The molecule has 14 heteroatoms. The quantitative estimate of drug-likeness (QED) is 0.202. The molecule has 0 saturated heterocycles. The fourth-order valence-electron chi connectivity index (χ4n) is 3.43. The van der Waals surface area contributed by atoms with E-state index in [0.717, 1.165) is 22.6 Å². The van der Waals surface area contributed by atoms with E-state index < -0.39 is 20.1 Å². The Morgan fingerprint density at radius 2 is 1.91 bits per heavy atom. The largest absolute Gasteiger partial charge is 0.393 e. The lowest BCUT2D eigenvalue weighted by Crippen LogP contribution is -2.46. The van der Waals surface area contributed by atoms with Gasteiger partial charge in [0.25, 0.3) is 0 Å². The van der Waals surface area contributed by atoms with Crippen molar-refractivity contribution in [3.05, 3.63) is 47.0 Å². The third kappa shape index (κ3) is 5.37. The molecule has 1 fully saturated rings. The molecule has 1 heterocycles. The van der Waals surface area contributed by atoms with Gasteiger partial charge in [0.2, 0.25) is 21.9 Å². The van der Waals surface area contributed by atoms with Crippen LogP contribution in [0.3, 0.4) is 0 Å². The Labute approximate surface area is 206 Å². The summed E-state index contributed by atoms with van der Waals surface area (Å²) in [5.74, 6) is 0.137. The zero-order valence-electron chi connectivity index (χ0n) is 16.7. The van der Waals surface area contributed by atoms with E-state index in [9.17, 15) is 22.3 Å². The number of aromatic nitrogens is 3. The molecule has 0 atom stereocenters. The van der Waals surface area contributed by atoms with Crippen molar-refractivity contribution in [3.8, 4) is 11.1 Å². The monoisotopic (exact) mass is 610 g/mol. The summed E-state index contributed by atoms with van der Waals surface area (Å²) in [7, 11) is -3.81. The van der Waals surface area contributed by atoms with Crippen molar-refractivity contribution in [1.29, 1.82) is 0 Å². The van der Waals surface area contributed by atoms with Crippen LogP contribution in [0.4, 0.5) is 26.4 Å². The Morgan fingerprint density at radius 1 is 1.24 bits per heavy atom. The lowest BCUT2D eigenvalue weighted by atomic mass is 9.91. The molecule has 1 saturated carbocycles. The molecular weight excluding hydrogens is 593 g/mol. The van der Waals surface area contributed by atoms with Crippen LogP contribution in [0.15, 0.2) is 41.3 Å². The minimum atomic E-state index is -3.81. The Balaban J connectivity index is 1.66. The average Bonchev–Trinajstić information content (AvgIpc) is 3.10. The van der Waals surface area contributed by atoms with E-state index in [2.05, 4.69) is 25.2 Å². The summed E-state index contributed by atoms with van der Waals surface area (Å²) in [6.45, 7) is 0. The van der Waals surface area contributed by atoms with Gasteiger partial charge in [-0.25, -0.2) is 18.2 Å². The topological polar surface area (TPSA) is 146 Å². The number of aromatic amines is 1. The number of aliphatic hydroxyl groups excluding tert-OH is 1. The van der Waals surface area contributed by atoms with E-state index in [1.807, 2.05) is 0 Å². The summed E-state index contributed by atoms with van der Waals surface area (Å²) in [5.41, 5.74) is 5.70. The number of nitrogens with zero attached hydrogens (tertiary/aromatic N) is 2. The molecule has 2 aromatic carbocycles. The number of halogens is 4. The summed E-state index contributed by atoms with van der Waals surface area (Å²) in [5, 5.41) is 18.3.